The van der Waals surface area contributed by atoms with Gasteiger partial charge in [-0.1, -0.05) is 36.4 Å². The first kappa shape index (κ1) is 22.5. The first-order chi connectivity index (χ1) is 17.5. The molecule has 182 valence electrons. The molecule has 1 aromatic heterocycles. The summed E-state index contributed by atoms with van der Waals surface area (Å²) in [6.07, 6.45) is 2.92. The maximum absolute atomic E-state index is 13.3. The molecular weight excluding hydrogens is 457 g/mol. The summed E-state index contributed by atoms with van der Waals surface area (Å²) < 4.78 is 15.4. The van der Waals surface area contributed by atoms with E-state index in [0.717, 1.165) is 65.9 Å². The van der Waals surface area contributed by atoms with Crippen LogP contribution in [0.5, 0.6) is 0 Å². The van der Waals surface area contributed by atoms with Gasteiger partial charge in [0.15, 0.2) is 0 Å². The van der Waals surface area contributed by atoms with E-state index in [4.69, 9.17) is 4.98 Å². The molecule has 4 aromatic rings. The zero-order valence-corrected chi connectivity index (χ0v) is 19.7. The van der Waals surface area contributed by atoms with Crippen molar-refractivity contribution in [2.45, 2.75) is 25.8 Å². The molecule has 6 rings (SSSR count). The Labute approximate surface area is 208 Å². The van der Waals surface area contributed by atoms with E-state index in [-0.39, 0.29) is 29.1 Å². The van der Waals surface area contributed by atoms with Crippen LogP contribution in [0.1, 0.15) is 29.6 Å². The number of fused-ring (bicyclic) bond motifs is 1. The van der Waals surface area contributed by atoms with Crippen molar-refractivity contribution < 1.29 is 19.1 Å². The molecular formula is C29H26FN3O3. The van der Waals surface area contributed by atoms with E-state index in [1.54, 1.807) is 30.3 Å². The lowest BCUT2D eigenvalue weighted by Crippen LogP contribution is -2.30. The molecule has 0 unspecified atom stereocenters. The Morgan fingerprint density at radius 1 is 0.917 bits per heavy atom. The Bertz CT molecular complexity index is 1460. The highest BCUT2D eigenvalue weighted by Crippen LogP contribution is 2.34. The van der Waals surface area contributed by atoms with Crippen molar-refractivity contribution in [1.29, 1.82) is 0 Å². The van der Waals surface area contributed by atoms with Crippen molar-refractivity contribution in [2.75, 3.05) is 13.1 Å². The maximum Gasteiger partial charge on any atom is 0.335 e. The Balaban J connectivity index is 1.35. The number of carboxylic acids is 1. The van der Waals surface area contributed by atoms with E-state index in [2.05, 4.69) is 4.57 Å². The summed E-state index contributed by atoms with van der Waals surface area (Å²) in [5, 5.41) is 9.56. The predicted octanol–water partition coefficient (Wildman–Crippen LogP) is 5.47. The standard InChI is InChI=1S/C29H26FN3O3/c30-24-10-7-20(8-11-24)19-1-3-21(4-2-19)27-31-25-12-9-23(29(35)36)15-26(25)33(27)17-18-13-14-32(16-18)28(34)22-5-6-22/h1-4,7-12,15,18,22H,5-6,13-14,16-17H2,(H,35,36)/t18-/m0/s1. The van der Waals surface area contributed by atoms with Crippen LogP contribution in [0.15, 0.2) is 66.7 Å². The second-order valence-electron chi connectivity index (χ2n) is 9.85. The summed E-state index contributed by atoms with van der Waals surface area (Å²) in [4.78, 5) is 31.1. The smallest absolute Gasteiger partial charge is 0.335 e. The number of benzene rings is 3. The van der Waals surface area contributed by atoms with Crippen molar-refractivity contribution >= 4 is 22.9 Å². The van der Waals surface area contributed by atoms with E-state index >= 15 is 0 Å². The first-order valence-electron chi connectivity index (χ1n) is 12.3. The molecule has 0 bridgehead atoms. The van der Waals surface area contributed by atoms with Gasteiger partial charge in [-0.15, -0.1) is 0 Å². The van der Waals surface area contributed by atoms with Gasteiger partial charge in [-0.25, -0.2) is 14.2 Å². The van der Waals surface area contributed by atoms with Gasteiger partial charge in [-0.2, -0.15) is 0 Å². The van der Waals surface area contributed by atoms with Gasteiger partial charge < -0.3 is 14.6 Å². The topological polar surface area (TPSA) is 75.4 Å². The van der Waals surface area contributed by atoms with Crippen LogP contribution < -0.4 is 0 Å². The molecule has 2 aliphatic rings. The van der Waals surface area contributed by atoms with Gasteiger partial charge in [0.1, 0.15) is 11.6 Å². The number of imidazole rings is 1. The molecule has 3 aromatic carbocycles. The molecule has 1 aliphatic carbocycles. The second-order valence-corrected chi connectivity index (χ2v) is 9.85. The Kier molecular flexibility index (Phi) is 5.55. The minimum atomic E-state index is -0.975. The van der Waals surface area contributed by atoms with Gasteiger partial charge in [0, 0.05) is 31.1 Å². The molecule has 1 amide bonds. The van der Waals surface area contributed by atoms with E-state index in [1.807, 2.05) is 29.2 Å². The third kappa shape index (κ3) is 4.26. The van der Waals surface area contributed by atoms with Gasteiger partial charge in [0.2, 0.25) is 5.91 Å². The van der Waals surface area contributed by atoms with Crippen molar-refractivity contribution in [3.05, 3.63) is 78.1 Å². The van der Waals surface area contributed by atoms with Crippen LogP contribution in [0.4, 0.5) is 4.39 Å². The normalized spacial score (nSPS) is 17.6. The van der Waals surface area contributed by atoms with E-state index in [1.165, 1.54) is 12.1 Å². The number of hydrogen-bond acceptors (Lipinski definition) is 3. The van der Waals surface area contributed by atoms with Gasteiger partial charge in [-0.3, -0.25) is 4.79 Å². The molecule has 1 atom stereocenters. The summed E-state index contributed by atoms with van der Waals surface area (Å²) in [5.41, 5.74) is 4.55. The second kappa shape index (κ2) is 8.90. The summed E-state index contributed by atoms with van der Waals surface area (Å²) in [7, 11) is 0. The van der Waals surface area contributed by atoms with Crippen LogP contribution in [-0.4, -0.2) is 44.5 Å². The van der Waals surface area contributed by atoms with Gasteiger partial charge in [-0.05, 0) is 66.6 Å². The Morgan fingerprint density at radius 3 is 2.25 bits per heavy atom. The predicted molar refractivity (Wildman–Crippen MR) is 135 cm³/mol. The number of hydrogen-bond donors (Lipinski definition) is 1. The van der Waals surface area contributed by atoms with Crippen LogP contribution in [0.2, 0.25) is 0 Å². The number of halogens is 1. The van der Waals surface area contributed by atoms with Crippen LogP contribution in [0.25, 0.3) is 33.5 Å². The quantitative estimate of drug-likeness (QED) is 0.395. The number of likely N-dealkylation sites (tertiary alicyclic amines) is 1. The monoisotopic (exact) mass is 483 g/mol. The third-order valence-electron chi connectivity index (χ3n) is 7.28. The first-order valence-corrected chi connectivity index (χ1v) is 12.3. The fourth-order valence-electron chi connectivity index (χ4n) is 5.14. The molecule has 0 spiro atoms. The lowest BCUT2D eigenvalue weighted by molar-refractivity contribution is -0.131. The number of aromatic nitrogens is 2. The molecule has 1 aliphatic heterocycles. The molecule has 6 nitrogen and oxygen atoms in total. The molecule has 1 saturated carbocycles. The highest BCUT2D eigenvalue weighted by molar-refractivity contribution is 5.93. The number of amides is 1. The summed E-state index contributed by atoms with van der Waals surface area (Å²) >= 11 is 0. The average Bonchev–Trinajstić information content (AvgIpc) is 3.54. The number of carboxylic acid groups (broad SMARTS) is 1. The van der Waals surface area contributed by atoms with Crippen LogP contribution >= 0.6 is 0 Å². The highest BCUT2D eigenvalue weighted by Gasteiger charge is 2.36. The summed E-state index contributed by atoms with van der Waals surface area (Å²) in [6, 6.07) is 19.4. The maximum atomic E-state index is 13.3. The van der Waals surface area contributed by atoms with Gasteiger partial charge >= 0.3 is 5.97 Å². The number of carbonyl (C=O) groups excluding carboxylic acids is 1. The van der Waals surface area contributed by atoms with E-state index in [9.17, 15) is 19.1 Å². The molecule has 2 heterocycles. The molecule has 7 heteroatoms. The van der Waals surface area contributed by atoms with Gasteiger partial charge in [0.05, 0.1) is 16.6 Å². The number of aromatic carboxylic acids is 1. The largest absolute Gasteiger partial charge is 0.478 e. The van der Waals surface area contributed by atoms with Crippen molar-refractivity contribution in [2.24, 2.45) is 11.8 Å². The number of nitrogens with zero attached hydrogens (tertiary/aromatic N) is 3. The lowest BCUT2D eigenvalue weighted by Gasteiger charge is -2.18. The molecule has 1 saturated heterocycles. The number of carbonyl (C=O) groups is 2. The molecule has 2 fully saturated rings. The van der Waals surface area contributed by atoms with E-state index in [0.29, 0.717) is 6.54 Å². The van der Waals surface area contributed by atoms with Crippen LogP contribution in [0, 0.1) is 17.7 Å². The highest BCUT2D eigenvalue weighted by atomic mass is 19.1. The Morgan fingerprint density at radius 2 is 1.58 bits per heavy atom. The third-order valence-corrected chi connectivity index (χ3v) is 7.28. The van der Waals surface area contributed by atoms with Crippen molar-refractivity contribution in [3.63, 3.8) is 0 Å². The zero-order chi connectivity index (χ0) is 24.8. The minimum absolute atomic E-state index is 0.214. The summed E-state index contributed by atoms with van der Waals surface area (Å²) in [5.74, 6) is 0.288. The zero-order valence-electron chi connectivity index (χ0n) is 19.7. The van der Waals surface area contributed by atoms with E-state index < -0.39 is 5.97 Å². The van der Waals surface area contributed by atoms with Crippen molar-refractivity contribution in [3.8, 4) is 22.5 Å². The number of rotatable bonds is 6. The van der Waals surface area contributed by atoms with Crippen LogP contribution in [0.3, 0.4) is 0 Å². The fraction of sp³-hybridized carbons (Fsp3) is 0.276. The average molecular weight is 484 g/mol. The minimum Gasteiger partial charge on any atom is -0.478 e. The SMILES string of the molecule is O=C(O)c1ccc2nc(-c3ccc(-c4ccc(F)cc4)cc3)n(C[C@H]3CCN(C(=O)C4CC4)C3)c2c1. The molecule has 1 N–H and O–H groups in total. The fourth-order valence-corrected chi connectivity index (χ4v) is 5.14. The Hall–Kier alpha value is -4.00. The molecule has 0 radical (unpaired) electrons. The van der Waals surface area contributed by atoms with Gasteiger partial charge in [0.25, 0.3) is 0 Å². The lowest BCUT2D eigenvalue weighted by atomic mass is 10.0. The van der Waals surface area contributed by atoms with Crippen molar-refractivity contribution in [1.82, 2.24) is 14.5 Å². The molecule has 36 heavy (non-hydrogen) atoms. The summed E-state index contributed by atoms with van der Waals surface area (Å²) in [6.45, 7) is 2.15. The van der Waals surface area contributed by atoms with Crippen LogP contribution in [-0.2, 0) is 11.3 Å².